The monoisotopic (exact) mass is 174 g/mol. The van der Waals surface area contributed by atoms with Gasteiger partial charge in [0, 0.05) is 0 Å². The zero-order valence-electron chi connectivity index (χ0n) is 8.78. The van der Waals surface area contributed by atoms with Gasteiger partial charge in [-0.15, -0.1) is 7.92 Å². The van der Waals surface area contributed by atoms with Crippen LogP contribution in [0.5, 0.6) is 0 Å². The van der Waals surface area contributed by atoms with Gasteiger partial charge in [-0.2, -0.15) is 0 Å². The smallest absolute Gasteiger partial charge is 0.0279 e. The largest absolute Gasteiger partial charge is 0.109 e. The standard InChI is InChI=1S/C10H23P/c1-6-7-8-11(5)9-10(2,3)4/h6-9H2,1-5H3. The van der Waals surface area contributed by atoms with Crippen molar-refractivity contribution >= 4 is 7.92 Å². The third-order valence-electron chi connectivity index (χ3n) is 1.64. The van der Waals surface area contributed by atoms with Crippen molar-refractivity contribution in [1.29, 1.82) is 0 Å². The van der Waals surface area contributed by atoms with E-state index in [1.807, 2.05) is 0 Å². The molecule has 0 saturated heterocycles. The van der Waals surface area contributed by atoms with Crippen LogP contribution >= 0.6 is 7.92 Å². The molecule has 0 radical (unpaired) electrons. The van der Waals surface area contributed by atoms with Crippen LogP contribution in [-0.4, -0.2) is 19.0 Å². The molecular weight excluding hydrogens is 151 g/mol. The molecule has 0 nitrogen and oxygen atoms in total. The SMILES string of the molecule is CCCCP(C)CC(C)(C)C. The molecule has 0 spiro atoms. The van der Waals surface area contributed by atoms with Gasteiger partial charge >= 0.3 is 0 Å². The molecular formula is C10H23P. The summed E-state index contributed by atoms with van der Waals surface area (Å²) in [4.78, 5) is 0. The summed E-state index contributed by atoms with van der Waals surface area (Å²) in [6, 6.07) is 0. The van der Waals surface area contributed by atoms with E-state index in [1.165, 1.54) is 25.2 Å². The molecule has 0 saturated carbocycles. The van der Waals surface area contributed by atoms with Crippen molar-refractivity contribution in [2.75, 3.05) is 19.0 Å². The molecule has 0 fully saturated rings. The quantitative estimate of drug-likeness (QED) is 0.566. The maximum absolute atomic E-state index is 2.44. The second kappa shape index (κ2) is 5.14. The Bertz CT molecular complexity index is 91.5. The van der Waals surface area contributed by atoms with Crippen LogP contribution < -0.4 is 0 Å². The second-order valence-corrected chi connectivity index (χ2v) is 7.13. The third kappa shape index (κ3) is 8.34. The lowest BCUT2D eigenvalue weighted by atomic mass is 10.0. The van der Waals surface area contributed by atoms with Gasteiger partial charge in [0.25, 0.3) is 0 Å². The molecule has 0 aromatic rings. The summed E-state index contributed by atoms with van der Waals surface area (Å²) >= 11 is 0. The van der Waals surface area contributed by atoms with E-state index in [0.29, 0.717) is 13.3 Å². The first kappa shape index (κ1) is 11.4. The predicted molar refractivity (Wildman–Crippen MR) is 56.9 cm³/mol. The maximum Gasteiger partial charge on any atom is -0.0279 e. The fraction of sp³-hybridized carbons (Fsp3) is 1.00. The van der Waals surface area contributed by atoms with E-state index in [4.69, 9.17) is 0 Å². The summed E-state index contributed by atoms with van der Waals surface area (Å²) < 4.78 is 0. The van der Waals surface area contributed by atoms with Gasteiger partial charge < -0.3 is 0 Å². The van der Waals surface area contributed by atoms with Gasteiger partial charge in [0.2, 0.25) is 0 Å². The number of rotatable bonds is 4. The third-order valence-corrected chi connectivity index (χ3v) is 4.21. The van der Waals surface area contributed by atoms with E-state index < -0.39 is 0 Å². The Labute approximate surface area is 73.5 Å². The lowest BCUT2D eigenvalue weighted by molar-refractivity contribution is 0.477. The van der Waals surface area contributed by atoms with Gasteiger partial charge in [-0.25, -0.2) is 0 Å². The van der Waals surface area contributed by atoms with Crippen molar-refractivity contribution in [2.45, 2.75) is 40.5 Å². The molecule has 0 aromatic heterocycles. The zero-order chi connectivity index (χ0) is 8.91. The number of hydrogen-bond donors (Lipinski definition) is 0. The van der Waals surface area contributed by atoms with Crippen LogP contribution in [0.2, 0.25) is 0 Å². The first-order valence-corrected chi connectivity index (χ1v) is 6.80. The molecule has 0 heterocycles. The molecule has 0 aliphatic rings. The Morgan fingerprint density at radius 1 is 1.18 bits per heavy atom. The summed E-state index contributed by atoms with van der Waals surface area (Å²) in [6.45, 7) is 11.8. The molecule has 1 heteroatoms. The molecule has 11 heavy (non-hydrogen) atoms. The second-order valence-electron chi connectivity index (χ2n) is 4.65. The van der Waals surface area contributed by atoms with Crippen LogP contribution in [-0.2, 0) is 0 Å². The molecule has 68 valence electrons. The van der Waals surface area contributed by atoms with Crippen LogP contribution in [0.3, 0.4) is 0 Å². The molecule has 0 aromatic carbocycles. The summed E-state index contributed by atoms with van der Waals surface area (Å²) in [5.41, 5.74) is 0.550. The minimum atomic E-state index is 0.325. The molecule has 0 aliphatic heterocycles. The van der Waals surface area contributed by atoms with E-state index in [9.17, 15) is 0 Å². The highest BCUT2D eigenvalue weighted by Crippen LogP contribution is 2.38. The number of hydrogen-bond acceptors (Lipinski definition) is 0. The van der Waals surface area contributed by atoms with Gasteiger partial charge in [0.05, 0.1) is 0 Å². The molecule has 0 amide bonds. The minimum absolute atomic E-state index is 0.325. The van der Waals surface area contributed by atoms with Gasteiger partial charge in [-0.05, 0) is 30.8 Å². The van der Waals surface area contributed by atoms with Crippen molar-refractivity contribution in [3.05, 3.63) is 0 Å². The molecule has 0 N–H and O–H groups in total. The molecule has 0 bridgehead atoms. The zero-order valence-corrected chi connectivity index (χ0v) is 9.67. The van der Waals surface area contributed by atoms with Gasteiger partial charge in [0.1, 0.15) is 0 Å². The normalized spacial score (nSPS) is 15.0. The topological polar surface area (TPSA) is 0 Å². The Morgan fingerprint density at radius 3 is 2.09 bits per heavy atom. The van der Waals surface area contributed by atoms with E-state index in [-0.39, 0.29) is 0 Å². The van der Waals surface area contributed by atoms with Crippen molar-refractivity contribution in [3.63, 3.8) is 0 Å². The highest BCUT2D eigenvalue weighted by molar-refractivity contribution is 7.56. The highest BCUT2D eigenvalue weighted by atomic mass is 31.1. The van der Waals surface area contributed by atoms with E-state index >= 15 is 0 Å². The first-order chi connectivity index (χ1) is 4.95. The van der Waals surface area contributed by atoms with E-state index in [2.05, 4.69) is 34.4 Å². The first-order valence-electron chi connectivity index (χ1n) is 4.64. The van der Waals surface area contributed by atoms with Crippen molar-refractivity contribution in [2.24, 2.45) is 5.41 Å². The Hall–Kier alpha value is 0.430. The van der Waals surface area contributed by atoms with Gasteiger partial charge in [-0.1, -0.05) is 34.1 Å². The molecule has 0 rings (SSSR count). The van der Waals surface area contributed by atoms with E-state index in [1.54, 1.807) is 0 Å². The Balaban J connectivity index is 3.44. The maximum atomic E-state index is 2.44. The summed E-state index contributed by atoms with van der Waals surface area (Å²) in [5, 5.41) is 0. The Morgan fingerprint density at radius 2 is 1.73 bits per heavy atom. The van der Waals surface area contributed by atoms with Crippen molar-refractivity contribution in [1.82, 2.24) is 0 Å². The van der Waals surface area contributed by atoms with Crippen LogP contribution in [0.1, 0.15) is 40.5 Å². The molecule has 1 unspecified atom stereocenters. The van der Waals surface area contributed by atoms with Crippen molar-refractivity contribution < 1.29 is 0 Å². The van der Waals surface area contributed by atoms with Gasteiger partial charge in [0.15, 0.2) is 0 Å². The van der Waals surface area contributed by atoms with E-state index in [0.717, 1.165) is 0 Å². The summed E-state index contributed by atoms with van der Waals surface area (Å²) in [5.74, 6) is 0. The minimum Gasteiger partial charge on any atom is -0.109 e. The lowest BCUT2D eigenvalue weighted by Crippen LogP contribution is -2.10. The lowest BCUT2D eigenvalue weighted by Gasteiger charge is -2.23. The van der Waals surface area contributed by atoms with Crippen LogP contribution in [0.15, 0.2) is 0 Å². The predicted octanol–water partition coefficient (Wildman–Crippen LogP) is 3.94. The summed E-state index contributed by atoms with van der Waals surface area (Å²) in [6.07, 6.45) is 5.69. The van der Waals surface area contributed by atoms with Gasteiger partial charge in [-0.3, -0.25) is 0 Å². The van der Waals surface area contributed by atoms with Crippen LogP contribution in [0, 0.1) is 5.41 Å². The fourth-order valence-corrected chi connectivity index (χ4v) is 3.95. The average Bonchev–Trinajstić information content (AvgIpc) is 1.79. The van der Waals surface area contributed by atoms with Crippen LogP contribution in [0.25, 0.3) is 0 Å². The highest BCUT2D eigenvalue weighted by Gasteiger charge is 2.13. The number of unbranched alkanes of at least 4 members (excludes halogenated alkanes) is 1. The Kier molecular flexibility index (Phi) is 5.34. The fourth-order valence-electron chi connectivity index (χ4n) is 1.32. The summed E-state index contributed by atoms with van der Waals surface area (Å²) in [7, 11) is 0.325. The van der Waals surface area contributed by atoms with Crippen molar-refractivity contribution in [3.8, 4) is 0 Å². The molecule has 0 aliphatic carbocycles. The van der Waals surface area contributed by atoms with Crippen LogP contribution in [0.4, 0.5) is 0 Å². The average molecular weight is 174 g/mol. The molecule has 1 atom stereocenters.